The molecule has 2 aromatic carbocycles. The molecule has 0 amide bonds. The van der Waals surface area contributed by atoms with Crippen LogP contribution < -0.4 is 10.5 Å². The molecule has 0 aliphatic rings. The van der Waals surface area contributed by atoms with Crippen LogP contribution in [-0.4, -0.2) is 12.4 Å². The molecule has 2 N–H and O–H groups in total. The summed E-state index contributed by atoms with van der Waals surface area (Å²) < 4.78 is 19.0. The number of ether oxygens (including phenoxy) is 1. The van der Waals surface area contributed by atoms with Gasteiger partial charge in [0.2, 0.25) is 0 Å². The molecule has 0 unspecified atom stereocenters. The van der Waals surface area contributed by atoms with Crippen molar-refractivity contribution in [3.05, 3.63) is 53.3 Å². The number of hydrogen-bond acceptors (Lipinski definition) is 3. The van der Waals surface area contributed by atoms with Gasteiger partial charge in [0, 0.05) is 21.4 Å². The van der Waals surface area contributed by atoms with Crippen LogP contribution in [0.3, 0.4) is 0 Å². The molecule has 2 aromatic rings. The van der Waals surface area contributed by atoms with Gasteiger partial charge in [-0.15, -0.1) is 11.8 Å². The molecule has 0 radical (unpaired) electrons. The first kappa shape index (κ1) is 14.0. The predicted molar refractivity (Wildman–Crippen MR) is 78.5 cm³/mol. The average Bonchev–Trinajstić information content (AvgIpc) is 2.39. The van der Waals surface area contributed by atoms with Crippen LogP contribution in [0.4, 0.5) is 10.1 Å². The average molecular weight is 298 g/mol. The van der Waals surface area contributed by atoms with Gasteiger partial charge in [-0.2, -0.15) is 0 Å². The Labute approximate surface area is 120 Å². The fourth-order valence-electron chi connectivity index (χ4n) is 1.48. The number of anilines is 1. The van der Waals surface area contributed by atoms with Crippen molar-refractivity contribution in [2.24, 2.45) is 0 Å². The summed E-state index contributed by atoms with van der Waals surface area (Å²) in [5.74, 6) is 1.11. The molecule has 0 aliphatic heterocycles. The van der Waals surface area contributed by atoms with E-state index in [1.807, 2.05) is 0 Å². The van der Waals surface area contributed by atoms with E-state index in [1.54, 1.807) is 36.4 Å². The number of nitrogens with two attached hydrogens (primary N) is 1. The highest BCUT2D eigenvalue weighted by Gasteiger charge is 2.03. The molecule has 0 aromatic heterocycles. The quantitative estimate of drug-likeness (QED) is 0.509. The van der Waals surface area contributed by atoms with E-state index in [4.69, 9.17) is 22.1 Å². The van der Waals surface area contributed by atoms with E-state index in [0.29, 0.717) is 28.0 Å². The molecule has 0 bridgehead atoms. The number of benzene rings is 2. The Morgan fingerprint density at radius 1 is 1.16 bits per heavy atom. The van der Waals surface area contributed by atoms with Crippen molar-refractivity contribution in [2.75, 3.05) is 18.1 Å². The largest absolute Gasteiger partial charge is 0.493 e. The van der Waals surface area contributed by atoms with Gasteiger partial charge in [0.05, 0.1) is 6.61 Å². The van der Waals surface area contributed by atoms with Crippen LogP contribution in [0.15, 0.2) is 47.4 Å². The molecule has 0 atom stereocenters. The highest BCUT2D eigenvalue weighted by Crippen LogP contribution is 2.23. The molecule has 2 nitrogen and oxygen atoms in total. The Kier molecular flexibility index (Phi) is 4.93. The molecule has 5 heteroatoms. The van der Waals surface area contributed by atoms with Crippen LogP contribution in [0.2, 0.25) is 5.02 Å². The first-order valence-corrected chi connectivity index (χ1v) is 7.08. The summed E-state index contributed by atoms with van der Waals surface area (Å²) in [5.41, 5.74) is 5.92. The summed E-state index contributed by atoms with van der Waals surface area (Å²) >= 11 is 7.17. The molecular weight excluding hydrogens is 285 g/mol. The first-order chi connectivity index (χ1) is 9.15. The molecule has 19 heavy (non-hydrogen) atoms. The van der Waals surface area contributed by atoms with Crippen molar-refractivity contribution < 1.29 is 9.13 Å². The number of hydrogen-bond donors (Lipinski definition) is 1. The Morgan fingerprint density at radius 3 is 2.58 bits per heavy atom. The summed E-state index contributed by atoms with van der Waals surface area (Å²) in [7, 11) is 0. The van der Waals surface area contributed by atoms with Gasteiger partial charge >= 0.3 is 0 Å². The van der Waals surface area contributed by atoms with Crippen LogP contribution in [0, 0.1) is 5.82 Å². The van der Waals surface area contributed by atoms with E-state index in [-0.39, 0.29) is 5.82 Å². The minimum atomic E-state index is -0.295. The fraction of sp³-hybridized carbons (Fsp3) is 0.143. The summed E-state index contributed by atoms with van der Waals surface area (Å²) in [6, 6.07) is 11.8. The maximum atomic E-state index is 13.5. The van der Waals surface area contributed by atoms with Gasteiger partial charge in [-0.3, -0.25) is 0 Å². The molecule has 0 saturated heterocycles. The zero-order valence-electron chi connectivity index (χ0n) is 10.1. The zero-order chi connectivity index (χ0) is 13.7. The van der Waals surface area contributed by atoms with Crippen LogP contribution in [-0.2, 0) is 0 Å². The lowest BCUT2D eigenvalue weighted by molar-refractivity contribution is 0.344. The maximum absolute atomic E-state index is 13.5. The van der Waals surface area contributed by atoms with E-state index in [2.05, 4.69) is 0 Å². The summed E-state index contributed by atoms with van der Waals surface area (Å²) in [6.45, 7) is 0.496. The van der Waals surface area contributed by atoms with Gasteiger partial charge in [-0.1, -0.05) is 11.6 Å². The van der Waals surface area contributed by atoms with Gasteiger partial charge in [-0.25, -0.2) is 4.39 Å². The molecule has 0 fully saturated rings. The molecule has 0 heterocycles. The standard InChI is InChI=1S/C14H13ClFNOS/c15-10-1-4-12(5-2-10)18-7-8-19-14-6-3-11(17)9-13(14)16/h1-6,9H,7-8,17H2. The summed E-state index contributed by atoms with van der Waals surface area (Å²) in [6.07, 6.45) is 0. The van der Waals surface area contributed by atoms with Crippen molar-refractivity contribution in [3.8, 4) is 5.75 Å². The van der Waals surface area contributed by atoms with Crippen molar-refractivity contribution in [2.45, 2.75) is 4.90 Å². The normalized spacial score (nSPS) is 10.4. The Hall–Kier alpha value is -1.39. The second kappa shape index (κ2) is 6.68. The lowest BCUT2D eigenvalue weighted by Crippen LogP contribution is -2.00. The lowest BCUT2D eigenvalue weighted by atomic mass is 10.3. The van der Waals surface area contributed by atoms with Crippen LogP contribution in [0.1, 0.15) is 0 Å². The van der Waals surface area contributed by atoms with Gasteiger partial charge in [0.15, 0.2) is 0 Å². The molecule has 100 valence electrons. The Bertz CT molecular complexity index is 548. The van der Waals surface area contributed by atoms with Crippen molar-refractivity contribution >= 4 is 29.1 Å². The SMILES string of the molecule is Nc1ccc(SCCOc2ccc(Cl)cc2)c(F)c1. The van der Waals surface area contributed by atoms with Gasteiger partial charge in [0.1, 0.15) is 11.6 Å². The van der Waals surface area contributed by atoms with Gasteiger partial charge < -0.3 is 10.5 Å². The maximum Gasteiger partial charge on any atom is 0.138 e. The third-order valence-electron chi connectivity index (χ3n) is 2.38. The Morgan fingerprint density at radius 2 is 1.89 bits per heavy atom. The minimum absolute atomic E-state index is 0.295. The second-order valence-electron chi connectivity index (χ2n) is 3.84. The Balaban J connectivity index is 1.79. The molecule has 0 spiro atoms. The highest BCUT2D eigenvalue weighted by molar-refractivity contribution is 7.99. The van der Waals surface area contributed by atoms with Gasteiger partial charge in [0.25, 0.3) is 0 Å². The highest BCUT2D eigenvalue weighted by atomic mass is 35.5. The molecule has 0 saturated carbocycles. The van der Waals surface area contributed by atoms with E-state index >= 15 is 0 Å². The number of thioether (sulfide) groups is 1. The van der Waals surface area contributed by atoms with Crippen LogP contribution in [0.5, 0.6) is 5.75 Å². The van der Waals surface area contributed by atoms with E-state index in [1.165, 1.54) is 17.8 Å². The van der Waals surface area contributed by atoms with Gasteiger partial charge in [-0.05, 0) is 42.5 Å². The second-order valence-corrected chi connectivity index (χ2v) is 5.41. The monoisotopic (exact) mass is 297 g/mol. The number of halogens is 2. The first-order valence-electron chi connectivity index (χ1n) is 5.71. The van der Waals surface area contributed by atoms with Crippen molar-refractivity contribution in [1.82, 2.24) is 0 Å². The van der Waals surface area contributed by atoms with E-state index in [9.17, 15) is 4.39 Å². The van der Waals surface area contributed by atoms with Crippen molar-refractivity contribution in [1.29, 1.82) is 0 Å². The smallest absolute Gasteiger partial charge is 0.138 e. The van der Waals surface area contributed by atoms with E-state index < -0.39 is 0 Å². The lowest BCUT2D eigenvalue weighted by Gasteiger charge is -2.07. The predicted octanol–water partition coefficient (Wildman–Crippen LogP) is 4.23. The summed E-state index contributed by atoms with van der Waals surface area (Å²) in [4.78, 5) is 0.578. The van der Waals surface area contributed by atoms with E-state index in [0.717, 1.165) is 5.75 Å². The van der Waals surface area contributed by atoms with Crippen LogP contribution >= 0.6 is 23.4 Å². The molecular formula is C14H13ClFNOS. The molecule has 0 aliphatic carbocycles. The topological polar surface area (TPSA) is 35.2 Å². The summed E-state index contributed by atoms with van der Waals surface area (Å²) in [5, 5.41) is 0.672. The zero-order valence-corrected chi connectivity index (χ0v) is 11.7. The molecule has 2 rings (SSSR count). The fourth-order valence-corrected chi connectivity index (χ4v) is 2.35. The number of rotatable bonds is 5. The third-order valence-corrected chi connectivity index (χ3v) is 3.64. The van der Waals surface area contributed by atoms with Crippen molar-refractivity contribution in [3.63, 3.8) is 0 Å². The number of nitrogen functional groups attached to an aromatic ring is 1. The third kappa shape index (κ3) is 4.33. The minimum Gasteiger partial charge on any atom is -0.493 e. The van der Waals surface area contributed by atoms with Crippen LogP contribution in [0.25, 0.3) is 0 Å².